The lowest BCUT2D eigenvalue weighted by Gasteiger charge is -2.32. The van der Waals surface area contributed by atoms with Crippen molar-refractivity contribution in [1.82, 2.24) is 8.96 Å². The molecule has 0 bridgehead atoms. The molecular weight excluding hydrogens is 433 g/mol. The molecular formula is C21H24BN3O6S. The molecule has 32 heavy (non-hydrogen) atoms. The third-order valence-corrected chi connectivity index (χ3v) is 7.64. The van der Waals surface area contributed by atoms with E-state index in [0.717, 1.165) is 9.54 Å². The van der Waals surface area contributed by atoms with E-state index in [2.05, 4.69) is 10.3 Å². The van der Waals surface area contributed by atoms with Gasteiger partial charge < -0.3 is 14.4 Å². The van der Waals surface area contributed by atoms with Crippen molar-refractivity contribution in [2.75, 3.05) is 5.32 Å². The number of benzene rings is 1. The first-order chi connectivity index (χ1) is 14.8. The van der Waals surface area contributed by atoms with Crippen LogP contribution >= 0.6 is 0 Å². The first kappa shape index (κ1) is 22.3. The number of hydrogen-bond acceptors (Lipinski definition) is 6. The Morgan fingerprint density at radius 3 is 2.28 bits per heavy atom. The molecule has 0 atom stereocenters. The van der Waals surface area contributed by atoms with E-state index in [9.17, 15) is 13.2 Å². The maximum atomic E-state index is 13.4. The van der Waals surface area contributed by atoms with Gasteiger partial charge in [0.05, 0.1) is 28.0 Å². The number of pyridine rings is 1. The normalized spacial score (nSPS) is 17.6. The van der Waals surface area contributed by atoms with Crippen LogP contribution < -0.4 is 10.8 Å². The highest BCUT2D eigenvalue weighted by molar-refractivity contribution is 7.90. The van der Waals surface area contributed by atoms with Crippen LogP contribution in [0.3, 0.4) is 0 Å². The van der Waals surface area contributed by atoms with E-state index in [1.807, 2.05) is 34.6 Å². The van der Waals surface area contributed by atoms with Crippen LogP contribution in [0.4, 0.5) is 10.5 Å². The Bertz CT molecular complexity index is 1300. The zero-order chi connectivity index (χ0) is 23.5. The first-order valence-corrected chi connectivity index (χ1v) is 11.4. The number of amides is 1. The molecule has 1 saturated heterocycles. The number of hydrogen-bond donors (Lipinski definition) is 2. The number of nitrogens with zero attached hydrogens (tertiary/aromatic N) is 2. The number of anilines is 1. The van der Waals surface area contributed by atoms with Crippen LogP contribution in [-0.2, 0) is 19.3 Å². The molecule has 3 heterocycles. The van der Waals surface area contributed by atoms with Crippen LogP contribution in [0.5, 0.6) is 0 Å². The number of aryl methyl sites for hydroxylation is 1. The molecule has 3 aromatic rings. The van der Waals surface area contributed by atoms with Gasteiger partial charge in [0, 0.05) is 17.0 Å². The van der Waals surface area contributed by atoms with Crippen LogP contribution in [0.2, 0.25) is 0 Å². The van der Waals surface area contributed by atoms with Gasteiger partial charge in [0.2, 0.25) is 0 Å². The Balaban J connectivity index is 1.92. The molecule has 1 fully saturated rings. The maximum absolute atomic E-state index is 13.4. The number of fused-ring (bicyclic) bond motifs is 1. The van der Waals surface area contributed by atoms with Crippen molar-refractivity contribution in [3.8, 4) is 0 Å². The Hall–Kier alpha value is -2.89. The van der Waals surface area contributed by atoms with Crippen molar-refractivity contribution in [3.63, 3.8) is 0 Å². The van der Waals surface area contributed by atoms with Crippen molar-refractivity contribution in [3.05, 3.63) is 48.3 Å². The summed E-state index contributed by atoms with van der Waals surface area (Å²) in [5.41, 5.74) is 0.426. The molecule has 0 unspecified atom stereocenters. The van der Waals surface area contributed by atoms with Gasteiger partial charge in [-0.3, -0.25) is 5.32 Å². The topological polar surface area (TPSA) is 120 Å². The summed E-state index contributed by atoms with van der Waals surface area (Å²) in [4.78, 5) is 15.5. The first-order valence-electron chi connectivity index (χ1n) is 10.0. The van der Waals surface area contributed by atoms with E-state index in [1.165, 1.54) is 30.6 Å². The number of aromatic nitrogens is 2. The van der Waals surface area contributed by atoms with Crippen LogP contribution in [0.1, 0.15) is 33.3 Å². The minimum absolute atomic E-state index is 0.106. The van der Waals surface area contributed by atoms with Gasteiger partial charge in [-0.1, -0.05) is 17.7 Å². The third kappa shape index (κ3) is 3.66. The molecule has 1 aliphatic heterocycles. The second kappa shape index (κ2) is 7.33. The van der Waals surface area contributed by atoms with Gasteiger partial charge in [0.15, 0.2) is 5.65 Å². The van der Waals surface area contributed by atoms with Crippen LogP contribution in [-0.4, -0.2) is 46.9 Å². The summed E-state index contributed by atoms with van der Waals surface area (Å²) in [6.45, 7) is 9.45. The second-order valence-electron chi connectivity index (χ2n) is 8.81. The molecule has 168 valence electrons. The van der Waals surface area contributed by atoms with Gasteiger partial charge in [-0.05, 0) is 52.8 Å². The van der Waals surface area contributed by atoms with Crippen molar-refractivity contribution < 1.29 is 27.6 Å². The van der Waals surface area contributed by atoms with Gasteiger partial charge in [0.1, 0.15) is 0 Å². The fourth-order valence-corrected chi connectivity index (χ4v) is 4.79. The molecule has 0 aliphatic carbocycles. The van der Waals surface area contributed by atoms with Crippen molar-refractivity contribution in [2.24, 2.45) is 0 Å². The quantitative estimate of drug-likeness (QED) is 0.578. The largest absolute Gasteiger partial charge is 0.497 e. The summed E-state index contributed by atoms with van der Waals surface area (Å²) >= 11 is 0. The molecule has 2 aromatic heterocycles. The number of rotatable bonds is 4. The Morgan fingerprint density at radius 1 is 1.12 bits per heavy atom. The number of carboxylic acid groups (broad SMARTS) is 1. The zero-order valence-electron chi connectivity index (χ0n) is 18.4. The fraction of sp³-hybridized carbons (Fsp3) is 0.333. The van der Waals surface area contributed by atoms with Gasteiger partial charge >= 0.3 is 13.2 Å². The van der Waals surface area contributed by atoms with E-state index in [4.69, 9.17) is 14.4 Å². The van der Waals surface area contributed by atoms with Crippen molar-refractivity contribution >= 4 is 45.4 Å². The summed E-state index contributed by atoms with van der Waals surface area (Å²) in [5, 5.41) is 11.7. The minimum atomic E-state index is -3.98. The summed E-state index contributed by atoms with van der Waals surface area (Å²) in [6, 6.07) is 8.03. The van der Waals surface area contributed by atoms with Crippen molar-refractivity contribution in [1.29, 1.82) is 0 Å². The van der Waals surface area contributed by atoms with Crippen LogP contribution in [0, 0.1) is 6.92 Å². The summed E-state index contributed by atoms with van der Waals surface area (Å²) in [6.07, 6.45) is 1.44. The van der Waals surface area contributed by atoms with Crippen LogP contribution in [0.15, 0.2) is 47.6 Å². The molecule has 9 nitrogen and oxygen atoms in total. The summed E-state index contributed by atoms with van der Waals surface area (Å²) in [7, 11) is -4.84. The second-order valence-corrected chi connectivity index (χ2v) is 10.6. The molecule has 1 aromatic carbocycles. The van der Waals surface area contributed by atoms with Gasteiger partial charge in [-0.15, -0.1) is 0 Å². The average Bonchev–Trinajstić information content (AvgIpc) is 3.16. The highest BCUT2D eigenvalue weighted by Crippen LogP contribution is 2.37. The lowest BCUT2D eigenvalue weighted by Crippen LogP contribution is -2.41. The van der Waals surface area contributed by atoms with E-state index in [1.54, 1.807) is 12.1 Å². The molecule has 0 radical (unpaired) electrons. The summed E-state index contributed by atoms with van der Waals surface area (Å²) in [5.74, 6) is 0. The van der Waals surface area contributed by atoms with Gasteiger partial charge in [0.25, 0.3) is 10.0 Å². The molecule has 4 rings (SSSR count). The number of nitrogens with one attached hydrogen (secondary N) is 1. The molecule has 0 spiro atoms. The predicted molar refractivity (Wildman–Crippen MR) is 121 cm³/mol. The molecule has 11 heteroatoms. The van der Waals surface area contributed by atoms with E-state index < -0.39 is 34.4 Å². The minimum Gasteiger partial charge on any atom is -0.465 e. The average molecular weight is 457 g/mol. The third-order valence-electron chi connectivity index (χ3n) is 5.98. The summed E-state index contributed by atoms with van der Waals surface area (Å²) < 4.78 is 40.2. The standard InChI is InChI=1S/C21H24BN3O6S/c1-13-6-8-15(9-7-13)32(28,29)25-12-17(22-30-20(2,3)21(4,5)31-22)16-10-14(24-19(26)27)11-23-18(16)25/h6-12,24H,1-5H3,(H,26,27). The molecule has 1 aliphatic rings. The Morgan fingerprint density at radius 2 is 1.72 bits per heavy atom. The van der Waals surface area contributed by atoms with E-state index in [-0.39, 0.29) is 16.2 Å². The Kier molecular flexibility index (Phi) is 5.11. The SMILES string of the molecule is Cc1ccc(S(=O)(=O)n2cc(B3OC(C)(C)C(C)(C)O3)c3cc(NC(=O)O)cnc32)cc1. The zero-order valence-corrected chi connectivity index (χ0v) is 19.2. The predicted octanol–water partition coefficient (Wildman–Crippen LogP) is 2.97. The van der Waals surface area contributed by atoms with Crippen molar-refractivity contribution in [2.45, 2.75) is 50.7 Å². The lowest BCUT2D eigenvalue weighted by atomic mass is 9.79. The fourth-order valence-electron chi connectivity index (χ4n) is 3.46. The monoisotopic (exact) mass is 457 g/mol. The highest BCUT2D eigenvalue weighted by atomic mass is 32.2. The van der Waals surface area contributed by atoms with Gasteiger partial charge in [-0.2, -0.15) is 0 Å². The van der Waals surface area contributed by atoms with E-state index in [0.29, 0.717) is 10.8 Å². The molecule has 0 saturated carbocycles. The van der Waals surface area contributed by atoms with E-state index >= 15 is 0 Å². The van der Waals surface area contributed by atoms with Crippen LogP contribution in [0.25, 0.3) is 11.0 Å². The maximum Gasteiger partial charge on any atom is 0.497 e. The smallest absolute Gasteiger partial charge is 0.465 e. The number of carbonyl (C=O) groups is 1. The Labute approximate surface area is 186 Å². The molecule has 1 amide bonds. The highest BCUT2D eigenvalue weighted by Gasteiger charge is 2.52. The molecule has 2 N–H and O–H groups in total. The lowest BCUT2D eigenvalue weighted by molar-refractivity contribution is 0.00578. The van der Waals surface area contributed by atoms with Gasteiger partial charge in [-0.25, -0.2) is 22.2 Å².